The summed E-state index contributed by atoms with van der Waals surface area (Å²) >= 11 is 8.66. The van der Waals surface area contributed by atoms with Crippen LogP contribution in [0.4, 0.5) is 5.13 Å². The number of nitrogens with zero attached hydrogens (tertiary/aromatic N) is 3. The van der Waals surface area contributed by atoms with Gasteiger partial charge in [0.1, 0.15) is 0 Å². The molecule has 5 aromatic rings. The molecule has 0 fully saturated rings. The number of rotatable bonds is 8. The number of hydrogen-bond acceptors (Lipinski definition) is 9. The lowest BCUT2D eigenvalue weighted by Crippen LogP contribution is -2.31. The van der Waals surface area contributed by atoms with E-state index in [1.807, 2.05) is 55.5 Å². The molecule has 11 heteroatoms. The summed E-state index contributed by atoms with van der Waals surface area (Å²) in [5.41, 5.74) is 3.00. The Morgan fingerprint density at radius 2 is 1.88 bits per heavy atom. The number of aryl methyl sites for hydroxylation is 1. The molecule has 2 aromatic heterocycles. The molecule has 8 nitrogen and oxygen atoms in total. The summed E-state index contributed by atoms with van der Waals surface area (Å²) in [5, 5.41) is 21.2. The first-order valence-electron chi connectivity index (χ1n) is 12.5. The first-order valence-corrected chi connectivity index (χ1v) is 14.7. The van der Waals surface area contributed by atoms with Gasteiger partial charge in [-0.25, -0.2) is 0 Å². The lowest BCUT2D eigenvalue weighted by Gasteiger charge is -2.23. The normalized spacial score (nSPS) is 15.2. The van der Waals surface area contributed by atoms with Crippen LogP contribution in [0.1, 0.15) is 33.3 Å². The van der Waals surface area contributed by atoms with Crippen molar-refractivity contribution in [2.45, 2.75) is 23.1 Å². The number of ether oxygens (including phenoxy) is 1. The van der Waals surface area contributed by atoms with Crippen LogP contribution < -0.4 is 9.64 Å². The number of aliphatic hydroxyl groups is 1. The lowest BCUT2D eigenvalue weighted by atomic mass is 9.94. The van der Waals surface area contributed by atoms with Gasteiger partial charge >= 0.3 is 0 Å². The number of carbonyl (C=O) groups excluding carboxylic acids is 2. The smallest absolute Gasteiger partial charge is 0.296 e. The topological polar surface area (TPSA) is 106 Å². The Morgan fingerprint density at radius 1 is 1.12 bits per heavy atom. The maximum Gasteiger partial charge on any atom is 0.296 e. The fourth-order valence-electron chi connectivity index (χ4n) is 4.62. The molecule has 41 heavy (non-hydrogen) atoms. The molecule has 1 N–H and O–H groups in total. The van der Waals surface area contributed by atoms with E-state index in [0.29, 0.717) is 37.4 Å². The zero-order chi connectivity index (χ0) is 28.7. The molecule has 206 valence electrons. The minimum atomic E-state index is -0.937. The van der Waals surface area contributed by atoms with Crippen molar-refractivity contribution in [2.75, 3.05) is 12.0 Å². The third-order valence-electron chi connectivity index (χ3n) is 6.67. The van der Waals surface area contributed by atoms with Gasteiger partial charge in [0.15, 0.2) is 27.2 Å². The molecule has 0 saturated heterocycles. The number of aromatic nitrogens is 2. The van der Waals surface area contributed by atoms with Crippen molar-refractivity contribution in [2.24, 2.45) is 0 Å². The zero-order valence-corrected chi connectivity index (χ0v) is 24.2. The van der Waals surface area contributed by atoms with Crippen LogP contribution in [0.25, 0.3) is 11.0 Å². The van der Waals surface area contributed by atoms with Gasteiger partial charge in [0, 0.05) is 16.2 Å². The molecule has 6 rings (SSSR count). The van der Waals surface area contributed by atoms with E-state index in [0.717, 1.165) is 11.1 Å². The van der Waals surface area contributed by atoms with Gasteiger partial charge in [0.2, 0.25) is 10.9 Å². The van der Waals surface area contributed by atoms with Crippen molar-refractivity contribution in [1.29, 1.82) is 0 Å². The van der Waals surface area contributed by atoms with Gasteiger partial charge in [-0.1, -0.05) is 88.8 Å². The van der Waals surface area contributed by atoms with Crippen molar-refractivity contribution in [1.82, 2.24) is 10.2 Å². The van der Waals surface area contributed by atoms with Gasteiger partial charge < -0.3 is 14.3 Å². The number of thioether (sulfide) groups is 1. The SMILES string of the molecule is COc1cccc2cc(C(=O)C3=C(O)C(=O)N(c4nnc(SCc5ccc(Cl)cc5)s4)C3c3ccc(C)cc3)oc12. The maximum atomic E-state index is 13.9. The van der Waals surface area contributed by atoms with Crippen LogP contribution in [-0.2, 0) is 10.5 Å². The Labute approximate surface area is 248 Å². The number of Topliss-reactive ketones (excluding diaryl/α,β-unsaturated/α-hetero) is 1. The average molecular weight is 604 g/mol. The molecule has 1 atom stereocenters. The third-order valence-corrected chi connectivity index (χ3v) is 9.05. The minimum absolute atomic E-state index is 0.0192. The summed E-state index contributed by atoms with van der Waals surface area (Å²) in [5.74, 6) is -0.921. The Kier molecular flexibility index (Phi) is 7.29. The van der Waals surface area contributed by atoms with Crippen LogP contribution in [0, 0.1) is 6.92 Å². The van der Waals surface area contributed by atoms with E-state index < -0.39 is 23.5 Å². The third kappa shape index (κ3) is 5.10. The first-order chi connectivity index (χ1) is 19.8. The molecule has 1 amide bonds. The lowest BCUT2D eigenvalue weighted by molar-refractivity contribution is -0.117. The highest BCUT2D eigenvalue weighted by Crippen LogP contribution is 2.44. The molecule has 1 aliphatic heterocycles. The summed E-state index contributed by atoms with van der Waals surface area (Å²) in [7, 11) is 1.51. The molecule has 3 aromatic carbocycles. The number of anilines is 1. The highest BCUT2D eigenvalue weighted by atomic mass is 35.5. The highest BCUT2D eigenvalue weighted by molar-refractivity contribution is 8.00. The predicted octanol–water partition coefficient (Wildman–Crippen LogP) is 7.33. The maximum absolute atomic E-state index is 13.9. The number of hydrogen-bond donors (Lipinski definition) is 1. The molecular formula is C30H22ClN3O5S2. The molecule has 0 bridgehead atoms. The van der Waals surface area contributed by atoms with Crippen molar-refractivity contribution in [3.8, 4) is 5.75 Å². The van der Waals surface area contributed by atoms with Crippen LogP contribution in [-0.4, -0.2) is 34.1 Å². The zero-order valence-electron chi connectivity index (χ0n) is 21.8. The number of aliphatic hydroxyl groups excluding tert-OH is 1. The first kappa shape index (κ1) is 27.1. The Hall–Kier alpha value is -4.12. The quantitative estimate of drug-likeness (QED) is 0.112. The van der Waals surface area contributed by atoms with Crippen molar-refractivity contribution < 1.29 is 23.8 Å². The molecule has 0 radical (unpaired) electrons. The van der Waals surface area contributed by atoms with Crippen LogP contribution in [0.3, 0.4) is 0 Å². The van der Waals surface area contributed by atoms with E-state index >= 15 is 0 Å². The van der Waals surface area contributed by atoms with E-state index in [1.165, 1.54) is 35.1 Å². The van der Waals surface area contributed by atoms with E-state index in [2.05, 4.69) is 10.2 Å². The van der Waals surface area contributed by atoms with Crippen LogP contribution >= 0.6 is 34.7 Å². The Morgan fingerprint density at radius 3 is 2.61 bits per heavy atom. The fourth-order valence-corrected chi connectivity index (χ4v) is 6.57. The minimum Gasteiger partial charge on any atom is -0.503 e. The van der Waals surface area contributed by atoms with E-state index in [1.54, 1.807) is 24.3 Å². The van der Waals surface area contributed by atoms with Gasteiger partial charge in [-0.05, 0) is 42.3 Å². The average Bonchev–Trinajstić information content (AvgIpc) is 3.69. The molecule has 0 aliphatic carbocycles. The number of amides is 1. The van der Waals surface area contributed by atoms with Crippen molar-refractivity contribution in [3.05, 3.63) is 112 Å². The van der Waals surface area contributed by atoms with Crippen LogP contribution in [0.15, 0.2) is 92.9 Å². The number of benzene rings is 3. The summed E-state index contributed by atoms with van der Waals surface area (Å²) in [6.45, 7) is 1.94. The van der Waals surface area contributed by atoms with E-state index in [4.69, 9.17) is 20.8 Å². The molecule has 1 unspecified atom stereocenters. The predicted molar refractivity (Wildman–Crippen MR) is 159 cm³/mol. The van der Waals surface area contributed by atoms with Gasteiger partial charge in [-0.2, -0.15) is 0 Å². The van der Waals surface area contributed by atoms with Gasteiger partial charge in [0.25, 0.3) is 5.91 Å². The van der Waals surface area contributed by atoms with E-state index in [-0.39, 0.29) is 16.5 Å². The largest absolute Gasteiger partial charge is 0.503 e. The summed E-state index contributed by atoms with van der Waals surface area (Å²) in [6.07, 6.45) is 0. The second-order valence-electron chi connectivity index (χ2n) is 9.33. The number of furan rings is 1. The fraction of sp³-hybridized carbons (Fsp3) is 0.133. The summed E-state index contributed by atoms with van der Waals surface area (Å²) < 4.78 is 11.9. The number of para-hydroxylation sites is 1. The second kappa shape index (κ2) is 11.0. The summed E-state index contributed by atoms with van der Waals surface area (Å²) in [4.78, 5) is 28.8. The highest BCUT2D eigenvalue weighted by Gasteiger charge is 2.46. The summed E-state index contributed by atoms with van der Waals surface area (Å²) in [6, 6.07) is 20.9. The number of halogens is 1. The van der Waals surface area contributed by atoms with Gasteiger partial charge in [-0.3, -0.25) is 14.5 Å². The number of methoxy groups -OCH3 is 1. The van der Waals surface area contributed by atoms with E-state index in [9.17, 15) is 14.7 Å². The van der Waals surface area contributed by atoms with Gasteiger partial charge in [0.05, 0.1) is 18.7 Å². The number of carbonyl (C=O) groups is 2. The van der Waals surface area contributed by atoms with Crippen molar-refractivity contribution in [3.63, 3.8) is 0 Å². The van der Waals surface area contributed by atoms with Crippen LogP contribution in [0.5, 0.6) is 5.75 Å². The number of ketones is 1. The number of fused-ring (bicyclic) bond motifs is 1. The molecule has 1 aliphatic rings. The monoisotopic (exact) mass is 603 g/mol. The standard InChI is InChI=1S/C30H22ClN3O5S2/c1-16-6-10-18(11-7-16)24-23(25(35)22-14-19-4-3-5-21(38-2)27(19)39-22)26(36)28(37)34(24)29-32-33-30(41-29)40-15-17-8-12-20(31)13-9-17/h3-14,24,36H,15H2,1-2H3. The molecular weight excluding hydrogens is 582 g/mol. The van der Waals surface area contributed by atoms with Crippen LogP contribution in [0.2, 0.25) is 5.02 Å². The second-order valence-corrected chi connectivity index (χ2v) is 11.9. The molecule has 3 heterocycles. The van der Waals surface area contributed by atoms with Crippen molar-refractivity contribution >= 4 is 62.5 Å². The molecule has 0 spiro atoms. The Balaban J connectivity index is 1.36. The van der Waals surface area contributed by atoms with Gasteiger partial charge in [-0.15, -0.1) is 10.2 Å². The Bertz CT molecular complexity index is 1810. The molecule has 0 saturated carbocycles.